The lowest BCUT2D eigenvalue weighted by Crippen LogP contribution is -2.38. The van der Waals surface area contributed by atoms with Crippen molar-refractivity contribution in [2.45, 2.75) is 18.9 Å². The number of benzene rings is 2. The number of aromatic nitrogens is 2. The van der Waals surface area contributed by atoms with Gasteiger partial charge in [0.15, 0.2) is 0 Å². The first kappa shape index (κ1) is 16.1. The molecule has 128 valence electrons. The molecule has 0 radical (unpaired) electrons. The van der Waals surface area contributed by atoms with Gasteiger partial charge in [0, 0.05) is 31.3 Å². The second-order valence-corrected chi connectivity index (χ2v) is 6.50. The fourth-order valence-corrected chi connectivity index (χ4v) is 3.35. The first-order chi connectivity index (χ1) is 12.2. The Morgan fingerprint density at radius 1 is 1.08 bits per heavy atom. The van der Waals surface area contributed by atoms with Crippen molar-refractivity contribution in [2.24, 2.45) is 0 Å². The number of fused-ring (bicyclic) bond motifs is 1. The highest BCUT2D eigenvalue weighted by molar-refractivity contribution is 6.32. The molecule has 1 saturated heterocycles. The maximum Gasteiger partial charge on any atom is 0.139 e. The number of para-hydroxylation sites is 1. The molecule has 4 rings (SSSR count). The lowest BCUT2D eigenvalue weighted by molar-refractivity contribution is 0.171. The summed E-state index contributed by atoms with van der Waals surface area (Å²) in [4.78, 5) is 10.8. The Kier molecular flexibility index (Phi) is 4.40. The molecule has 1 aliphatic heterocycles. The minimum Gasteiger partial charge on any atom is -0.489 e. The Morgan fingerprint density at radius 3 is 2.68 bits per heavy atom. The molecule has 0 amide bonds. The van der Waals surface area contributed by atoms with Gasteiger partial charge in [0.1, 0.15) is 29.8 Å². The van der Waals surface area contributed by atoms with Gasteiger partial charge in [-0.05, 0) is 30.3 Å². The third kappa shape index (κ3) is 3.37. The van der Waals surface area contributed by atoms with E-state index < -0.39 is 0 Å². The molecule has 6 heteroatoms. The normalized spacial score (nSPS) is 15.5. The van der Waals surface area contributed by atoms with Gasteiger partial charge in [-0.3, -0.25) is 0 Å². The maximum absolute atomic E-state index is 13.6. The van der Waals surface area contributed by atoms with Gasteiger partial charge in [0.05, 0.1) is 10.5 Å². The Hall–Kier alpha value is -2.40. The summed E-state index contributed by atoms with van der Waals surface area (Å²) < 4.78 is 19.6. The minimum absolute atomic E-state index is 0.112. The number of anilines is 1. The van der Waals surface area contributed by atoms with Crippen LogP contribution in [0.5, 0.6) is 5.75 Å². The van der Waals surface area contributed by atoms with Crippen LogP contribution in [0.3, 0.4) is 0 Å². The molecule has 1 aromatic heterocycles. The van der Waals surface area contributed by atoms with Crippen LogP contribution in [0.1, 0.15) is 12.8 Å². The van der Waals surface area contributed by atoms with Gasteiger partial charge in [-0.25, -0.2) is 14.4 Å². The van der Waals surface area contributed by atoms with Gasteiger partial charge >= 0.3 is 0 Å². The molecule has 1 aliphatic rings. The zero-order valence-electron chi connectivity index (χ0n) is 13.5. The zero-order valence-corrected chi connectivity index (χ0v) is 14.3. The van der Waals surface area contributed by atoms with Crippen LogP contribution in [0.25, 0.3) is 10.9 Å². The summed E-state index contributed by atoms with van der Waals surface area (Å²) in [5.74, 6) is 1.22. The first-order valence-corrected chi connectivity index (χ1v) is 8.65. The molecule has 1 fully saturated rings. The smallest absolute Gasteiger partial charge is 0.139 e. The van der Waals surface area contributed by atoms with E-state index in [1.54, 1.807) is 6.07 Å². The molecule has 2 heterocycles. The van der Waals surface area contributed by atoms with Gasteiger partial charge in [-0.1, -0.05) is 23.7 Å². The van der Waals surface area contributed by atoms with Gasteiger partial charge in [-0.15, -0.1) is 0 Å². The molecule has 2 aromatic carbocycles. The summed E-state index contributed by atoms with van der Waals surface area (Å²) in [6.07, 6.45) is 3.35. The van der Waals surface area contributed by atoms with Crippen LogP contribution in [-0.2, 0) is 0 Å². The summed E-state index contributed by atoms with van der Waals surface area (Å²) in [6, 6.07) is 12.1. The molecule has 3 aromatic rings. The van der Waals surface area contributed by atoms with E-state index in [1.165, 1.54) is 18.5 Å². The molecule has 0 N–H and O–H groups in total. The Morgan fingerprint density at radius 2 is 1.88 bits per heavy atom. The lowest BCUT2D eigenvalue weighted by atomic mass is 10.1. The molecule has 0 aliphatic carbocycles. The Labute approximate surface area is 150 Å². The van der Waals surface area contributed by atoms with Gasteiger partial charge in [0.25, 0.3) is 0 Å². The molecule has 25 heavy (non-hydrogen) atoms. The average molecular weight is 358 g/mol. The Balaban J connectivity index is 1.49. The average Bonchev–Trinajstić information content (AvgIpc) is 2.64. The predicted octanol–water partition coefficient (Wildman–Crippen LogP) is 4.47. The molecule has 4 nitrogen and oxygen atoms in total. The van der Waals surface area contributed by atoms with Crippen molar-refractivity contribution in [3.63, 3.8) is 0 Å². The maximum atomic E-state index is 13.6. The van der Waals surface area contributed by atoms with Crippen molar-refractivity contribution >= 4 is 28.3 Å². The van der Waals surface area contributed by atoms with E-state index in [4.69, 9.17) is 16.3 Å². The van der Waals surface area contributed by atoms with Gasteiger partial charge in [0.2, 0.25) is 0 Å². The van der Waals surface area contributed by atoms with Crippen molar-refractivity contribution < 1.29 is 9.13 Å². The number of halogens is 2. The van der Waals surface area contributed by atoms with E-state index in [2.05, 4.69) is 14.9 Å². The monoisotopic (exact) mass is 357 g/mol. The van der Waals surface area contributed by atoms with E-state index in [9.17, 15) is 4.39 Å². The summed E-state index contributed by atoms with van der Waals surface area (Å²) in [5, 5.41) is 1.37. The standard InChI is InChI=1S/C19H17ClFN3O/c20-16-3-1-2-4-18(16)25-14-7-9-24(10-8-14)19-15-11-13(21)5-6-17(15)22-12-23-19/h1-6,11-12,14H,7-10H2. The molecular weight excluding hydrogens is 341 g/mol. The van der Waals surface area contributed by atoms with Crippen LogP contribution in [0, 0.1) is 5.82 Å². The van der Waals surface area contributed by atoms with E-state index >= 15 is 0 Å². The van der Waals surface area contributed by atoms with E-state index in [0.717, 1.165) is 48.4 Å². The van der Waals surface area contributed by atoms with Crippen LogP contribution >= 0.6 is 11.6 Å². The number of hydrogen-bond acceptors (Lipinski definition) is 4. The van der Waals surface area contributed by atoms with Crippen LogP contribution in [-0.4, -0.2) is 29.2 Å². The Bertz CT molecular complexity index is 897. The van der Waals surface area contributed by atoms with Gasteiger partial charge in [-0.2, -0.15) is 0 Å². The van der Waals surface area contributed by atoms with Crippen LogP contribution in [0.4, 0.5) is 10.2 Å². The van der Waals surface area contributed by atoms with E-state index in [-0.39, 0.29) is 11.9 Å². The quantitative estimate of drug-likeness (QED) is 0.693. The third-order valence-corrected chi connectivity index (χ3v) is 4.76. The number of ether oxygens (including phenoxy) is 1. The topological polar surface area (TPSA) is 38.2 Å². The second kappa shape index (κ2) is 6.84. The van der Waals surface area contributed by atoms with Crippen LogP contribution in [0.2, 0.25) is 5.02 Å². The fraction of sp³-hybridized carbons (Fsp3) is 0.263. The first-order valence-electron chi connectivity index (χ1n) is 8.27. The predicted molar refractivity (Wildman–Crippen MR) is 96.8 cm³/mol. The van der Waals surface area contributed by atoms with Gasteiger partial charge < -0.3 is 9.64 Å². The fourth-order valence-electron chi connectivity index (χ4n) is 3.17. The number of rotatable bonds is 3. The highest BCUT2D eigenvalue weighted by Gasteiger charge is 2.23. The molecular formula is C19H17ClFN3O. The van der Waals surface area contributed by atoms with Crippen molar-refractivity contribution in [3.8, 4) is 5.75 Å². The van der Waals surface area contributed by atoms with Crippen LogP contribution in [0.15, 0.2) is 48.8 Å². The molecule has 0 saturated carbocycles. The van der Waals surface area contributed by atoms with Crippen molar-refractivity contribution in [1.29, 1.82) is 0 Å². The molecule has 0 spiro atoms. The molecule has 0 unspecified atom stereocenters. The van der Waals surface area contributed by atoms with E-state index in [1.807, 2.05) is 24.3 Å². The summed E-state index contributed by atoms with van der Waals surface area (Å²) in [6.45, 7) is 1.58. The SMILES string of the molecule is Fc1ccc2ncnc(N3CCC(Oc4ccccc4Cl)CC3)c2c1. The van der Waals surface area contributed by atoms with E-state index in [0.29, 0.717) is 5.02 Å². The summed E-state index contributed by atoms with van der Waals surface area (Å²) in [7, 11) is 0. The number of nitrogens with zero attached hydrogens (tertiary/aromatic N) is 3. The van der Waals surface area contributed by atoms with Crippen molar-refractivity contribution in [2.75, 3.05) is 18.0 Å². The summed E-state index contributed by atoms with van der Waals surface area (Å²) >= 11 is 6.16. The minimum atomic E-state index is -0.277. The largest absolute Gasteiger partial charge is 0.489 e. The second-order valence-electron chi connectivity index (χ2n) is 6.09. The highest BCUT2D eigenvalue weighted by Crippen LogP contribution is 2.29. The number of piperidine rings is 1. The summed E-state index contributed by atoms with van der Waals surface area (Å²) in [5.41, 5.74) is 0.751. The highest BCUT2D eigenvalue weighted by atomic mass is 35.5. The van der Waals surface area contributed by atoms with Crippen LogP contribution < -0.4 is 9.64 Å². The van der Waals surface area contributed by atoms with Crippen molar-refractivity contribution in [3.05, 3.63) is 59.6 Å². The third-order valence-electron chi connectivity index (χ3n) is 4.45. The molecule has 0 bridgehead atoms. The zero-order chi connectivity index (χ0) is 17.2. The van der Waals surface area contributed by atoms with Crippen molar-refractivity contribution in [1.82, 2.24) is 9.97 Å². The number of hydrogen-bond donors (Lipinski definition) is 0. The molecule has 0 atom stereocenters. The lowest BCUT2D eigenvalue weighted by Gasteiger charge is -2.33.